The summed E-state index contributed by atoms with van der Waals surface area (Å²) in [6.45, 7) is 2.17. The standard InChI is InChI=1S/C25H25FN2O2/c26-23-17-21(12-13-24(23)28-14-5-2-6-15-28)27-25(29)20-10-7-11-22(16-20)30-18-19-8-3-1-4-9-19/h1,3-4,7-13,16-17H,2,5-6,14-15,18H2,(H,27,29). The molecule has 4 nitrogen and oxygen atoms in total. The van der Waals surface area contributed by atoms with Crippen LogP contribution in [0.2, 0.25) is 0 Å². The van der Waals surface area contributed by atoms with Crippen LogP contribution in [-0.4, -0.2) is 19.0 Å². The van der Waals surface area contributed by atoms with E-state index in [1.54, 1.807) is 30.3 Å². The third-order valence-corrected chi connectivity index (χ3v) is 5.25. The van der Waals surface area contributed by atoms with Crippen molar-refractivity contribution in [3.8, 4) is 5.75 Å². The van der Waals surface area contributed by atoms with E-state index in [-0.39, 0.29) is 11.7 Å². The molecule has 1 aliphatic rings. The van der Waals surface area contributed by atoms with Crippen LogP contribution in [0.4, 0.5) is 15.8 Å². The molecule has 30 heavy (non-hydrogen) atoms. The Morgan fingerprint density at radius 2 is 1.73 bits per heavy atom. The van der Waals surface area contributed by atoms with Crippen molar-refractivity contribution < 1.29 is 13.9 Å². The molecule has 0 aromatic heterocycles. The van der Waals surface area contributed by atoms with Crippen LogP contribution in [0.3, 0.4) is 0 Å². The predicted octanol–water partition coefficient (Wildman–Crippen LogP) is 5.65. The number of ether oxygens (including phenoxy) is 1. The van der Waals surface area contributed by atoms with Crippen LogP contribution in [-0.2, 0) is 6.61 Å². The van der Waals surface area contributed by atoms with Gasteiger partial charge in [-0.3, -0.25) is 4.79 Å². The minimum atomic E-state index is -0.311. The van der Waals surface area contributed by atoms with E-state index in [0.29, 0.717) is 29.3 Å². The van der Waals surface area contributed by atoms with E-state index in [0.717, 1.165) is 31.5 Å². The molecule has 0 aliphatic carbocycles. The molecule has 4 rings (SSSR count). The van der Waals surface area contributed by atoms with Crippen molar-refractivity contribution in [3.05, 3.63) is 89.7 Å². The van der Waals surface area contributed by atoms with E-state index in [4.69, 9.17) is 4.74 Å². The fourth-order valence-electron chi connectivity index (χ4n) is 3.65. The van der Waals surface area contributed by atoms with Crippen molar-refractivity contribution in [3.63, 3.8) is 0 Å². The van der Waals surface area contributed by atoms with E-state index in [2.05, 4.69) is 10.2 Å². The number of nitrogens with zero attached hydrogens (tertiary/aromatic N) is 1. The Morgan fingerprint density at radius 3 is 2.50 bits per heavy atom. The number of rotatable bonds is 6. The van der Waals surface area contributed by atoms with E-state index in [1.165, 1.54) is 12.5 Å². The Labute approximate surface area is 176 Å². The van der Waals surface area contributed by atoms with Gasteiger partial charge in [-0.15, -0.1) is 0 Å². The molecule has 0 unspecified atom stereocenters. The van der Waals surface area contributed by atoms with Gasteiger partial charge in [0.2, 0.25) is 0 Å². The Kier molecular flexibility index (Phi) is 6.28. The van der Waals surface area contributed by atoms with Crippen molar-refractivity contribution in [2.75, 3.05) is 23.3 Å². The van der Waals surface area contributed by atoms with E-state index >= 15 is 0 Å². The highest BCUT2D eigenvalue weighted by Gasteiger charge is 2.16. The lowest BCUT2D eigenvalue weighted by Crippen LogP contribution is -2.30. The molecule has 3 aromatic carbocycles. The largest absolute Gasteiger partial charge is 0.489 e. The SMILES string of the molecule is O=C(Nc1ccc(N2CCCCC2)c(F)c1)c1cccc(OCc2ccccc2)c1. The number of piperidine rings is 1. The summed E-state index contributed by atoms with van der Waals surface area (Å²) in [5.41, 5.74) is 2.55. The van der Waals surface area contributed by atoms with Crippen LogP contribution in [0.25, 0.3) is 0 Å². The molecule has 1 N–H and O–H groups in total. The van der Waals surface area contributed by atoms with Crippen molar-refractivity contribution in [2.24, 2.45) is 0 Å². The van der Waals surface area contributed by atoms with Gasteiger partial charge in [0.15, 0.2) is 0 Å². The molecule has 1 heterocycles. The Hall–Kier alpha value is -3.34. The molecule has 154 valence electrons. The number of hydrogen-bond acceptors (Lipinski definition) is 3. The molecule has 0 spiro atoms. The fourth-order valence-corrected chi connectivity index (χ4v) is 3.65. The lowest BCUT2D eigenvalue weighted by molar-refractivity contribution is 0.102. The second kappa shape index (κ2) is 9.44. The zero-order chi connectivity index (χ0) is 20.8. The van der Waals surface area contributed by atoms with Crippen LogP contribution in [0, 0.1) is 5.82 Å². The van der Waals surface area contributed by atoms with Crippen LogP contribution in [0.5, 0.6) is 5.75 Å². The van der Waals surface area contributed by atoms with Gasteiger partial charge in [0.05, 0.1) is 5.69 Å². The molecule has 0 atom stereocenters. The molecule has 3 aromatic rings. The molecule has 0 radical (unpaired) electrons. The quantitative estimate of drug-likeness (QED) is 0.577. The number of nitrogens with one attached hydrogen (secondary N) is 1. The zero-order valence-electron chi connectivity index (χ0n) is 16.8. The number of carbonyl (C=O) groups is 1. The van der Waals surface area contributed by atoms with Crippen molar-refractivity contribution in [1.29, 1.82) is 0 Å². The Morgan fingerprint density at radius 1 is 0.933 bits per heavy atom. The van der Waals surface area contributed by atoms with E-state index < -0.39 is 0 Å². The minimum absolute atomic E-state index is 0.301. The summed E-state index contributed by atoms with van der Waals surface area (Å²) in [6, 6.07) is 21.7. The third kappa shape index (κ3) is 4.98. The van der Waals surface area contributed by atoms with Gasteiger partial charge in [-0.05, 0) is 61.2 Å². The van der Waals surface area contributed by atoms with Crippen molar-refractivity contribution in [1.82, 2.24) is 0 Å². The van der Waals surface area contributed by atoms with Gasteiger partial charge in [-0.2, -0.15) is 0 Å². The first-order chi connectivity index (χ1) is 14.7. The number of benzene rings is 3. The van der Waals surface area contributed by atoms with E-state index in [1.807, 2.05) is 36.4 Å². The number of carbonyl (C=O) groups excluding carboxylic acids is 1. The molecule has 0 bridgehead atoms. The van der Waals surface area contributed by atoms with Crippen LogP contribution >= 0.6 is 0 Å². The van der Waals surface area contributed by atoms with Gasteiger partial charge >= 0.3 is 0 Å². The first-order valence-electron chi connectivity index (χ1n) is 10.3. The van der Waals surface area contributed by atoms with Gasteiger partial charge in [-0.25, -0.2) is 4.39 Å². The average Bonchev–Trinajstić information content (AvgIpc) is 2.79. The molecule has 1 fully saturated rings. The second-order valence-corrected chi connectivity index (χ2v) is 7.47. The highest BCUT2D eigenvalue weighted by atomic mass is 19.1. The maximum Gasteiger partial charge on any atom is 0.255 e. The van der Waals surface area contributed by atoms with Gasteiger partial charge < -0.3 is 15.0 Å². The maximum atomic E-state index is 14.6. The lowest BCUT2D eigenvalue weighted by atomic mass is 10.1. The second-order valence-electron chi connectivity index (χ2n) is 7.47. The molecular weight excluding hydrogens is 379 g/mol. The summed E-state index contributed by atoms with van der Waals surface area (Å²) in [5.74, 6) is -0.00180. The molecule has 5 heteroatoms. The summed E-state index contributed by atoms with van der Waals surface area (Å²) < 4.78 is 20.4. The summed E-state index contributed by atoms with van der Waals surface area (Å²) in [6.07, 6.45) is 3.36. The highest BCUT2D eigenvalue weighted by Crippen LogP contribution is 2.26. The van der Waals surface area contributed by atoms with Crippen LogP contribution in [0.15, 0.2) is 72.8 Å². The number of anilines is 2. The summed E-state index contributed by atoms with van der Waals surface area (Å²) in [4.78, 5) is 14.7. The highest BCUT2D eigenvalue weighted by molar-refractivity contribution is 6.04. The Balaban J connectivity index is 1.40. The monoisotopic (exact) mass is 404 g/mol. The normalized spacial score (nSPS) is 13.7. The van der Waals surface area contributed by atoms with Gasteiger partial charge in [0.25, 0.3) is 5.91 Å². The van der Waals surface area contributed by atoms with Crippen LogP contribution in [0.1, 0.15) is 35.2 Å². The summed E-state index contributed by atoms with van der Waals surface area (Å²) >= 11 is 0. The average molecular weight is 404 g/mol. The maximum absolute atomic E-state index is 14.6. The summed E-state index contributed by atoms with van der Waals surface area (Å²) in [7, 11) is 0. The van der Waals surface area contributed by atoms with Crippen molar-refractivity contribution in [2.45, 2.75) is 25.9 Å². The zero-order valence-corrected chi connectivity index (χ0v) is 16.8. The third-order valence-electron chi connectivity index (χ3n) is 5.25. The van der Waals surface area contributed by atoms with Gasteiger partial charge in [0.1, 0.15) is 18.2 Å². The molecule has 1 amide bonds. The lowest BCUT2D eigenvalue weighted by Gasteiger charge is -2.29. The topological polar surface area (TPSA) is 41.6 Å². The molecule has 1 saturated heterocycles. The predicted molar refractivity (Wildman–Crippen MR) is 118 cm³/mol. The van der Waals surface area contributed by atoms with Crippen molar-refractivity contribution >= 4 is 17.3 Å². The fraction of sp³-hybridized carbons (Fsp3) is 0.240. The first kappa shape index (κ1) is 20.0. The van der Waals surface area contributed by atoms with Gasteiger partial charge in [-0.1, -0.05) is 36.4 Å². The number of hydrogen-bond donors (Lipinski definition) is 1. The number of halogens is 1. The van der Waals surface area contributed by atoms with Gasteiger partial charge in [0, 0.05) is 24.3 Å². The Bertz CT molecular complexity index is 1000. The minimum Gasteiger partial charge on any atom is -0.489 e. The van der Waals surface area contributed by atoms with E-state index in [9.17, 15) is 9.18 Å². The molecular formula is C25H25FN2O2. The number of amides is 1. The van der Waals surface area contributed by atoms with Crippen LogP contribution < -0.4 is 15.0 Å². The molecule has 0 saturated carbocycles. The smallest absolute Gasteiger partial charge is 0.255 e. The first-order valence-corrected chi connectivity index (χ1v) is 10.3. The summed E-state index contributed by atoms with van der Waals surface area (Å²) in [5, 5.41) is 2.78. The molecule has 1 aliphatic heterocycles.